The van der Waals surface area contributed by atoms with E-state index in [1.54, 1.807) is 6.20 Å². The summed E-state index contributed by atoms with van der Waals surface area (Å²) in [6, 6.07) is 3.95. The number of carbonyl (C=O) groups excluding carboxylic acids is 1. The summed E-state index contributed by atoms with van der Waals surface area (Å²) in [6.45, 7) is 9.27. The zero-order chi connectivity index (χ0) is 18.5. The van der Waals surface area contributed by atoms with E-state index < -0.39 is 0 Å². The monoisotopic (exact) mass is 357 g/mol. The molecule has 0 aromatic carbocycles. The molecule has 0 bridgehead atoms. The van der Waals surface area contributed by atoms with Gasteiger partial charge >= 0.3 is 0 Å². The maximum Gasteiger partial charge on any atom is 0.226 e. The quantitative estimate of drug-likeness (QED) is 0.791. The third kappa shape index (κ3) is 3.86. The second-order valence-corrected chi connectivity index (χ2v) is 6.60. The average Bonchev–Trinajstić information content (AvgIpc) is 3.18. The fourth-order valence-electron chi connectivity index (χ4n) is 3.27. The number of pyridine rings is 1. The molecule has 2 aromatic heterocycles. The third-order valence-electron chi connectivity index (χ3n) is 5.03. The summed E-state index contributed by atoms with van der Waals surface area (Å²) in [5.41, 5.74) is 0.847. The summed E-state index contributed by atoms with van der Waals surface area (Å²) in [6.07, 6.45) is 4.32. The molecule has 7 nitrogen and oxygen atoms in total. The van der Waals surface area contributed by atoms with Crippen molar-refractivity contribution in [2.24, 2.45) is 5.92 Å². The highest BCUT2D eigenvalue weighted by atomic mass is 16.5. The van der Waals surface area contributed by atoms with Crippen LogP contribution in [0, 0.1) is 5.92 Å². The number of anilines is 1. The molecule has 3 rings (SSSR count). The zero-order valence-corrected chi connectivity index (χ0v) is 15.8. The van der Waals surface area contributed by atoms with Gasteiger partial charge in [0.1, 0.15) is 5.82 Å². The van der Waals surface area contributed by atoms with Crippen molar-refractivity contribution in [3.63, 3.8) is 0 Å². The summed E-state index contributed by atoms with van der Waals surface area (Å²) in [5, 5.41) is 3.98. The molecule has 1 amide bonds. The lowest BCUT2D eigenvalue weighted by Crippen LogP contribution is -2.50. The molecule has 1 saturated heterocycles. The van der Waals surface area contributed by atoms with Crippen LogP contribution in [0.4, 0.5) is 5.82 Å². The number of carbonyl (C=O) groups is 1. The van der Waals surface area contributed by atoms with Gasteiger partial charge in [0.05, 0.1) is 0 Å². The van der Waals surface area contributed by atoms with Crippen LogP contribution >= 0.6 is 0 Å². The molecule has 0 saturated carbocycles. The van der Waals surface area contributed by atoms with Crippen LogP contribution in [0.25, 0.3) is 11.4 Å². The van der Waals surface area contributed by atoms with Crippen molar-refractivity contribution >= 4 is 11.7 Å². The first-order chi connectivity index (χ1) is 12.7. The number of piperazine rings is 1. The highest BCUT2D eigenvalue weighted by Crippen LogP contribution is 2.20. The molecule has 0 unspecified atom stereocenters. The first kappa shape index (κ1) is 18.4. The van der Waals surface area contributed by atoms with Crippen molar-refractivity contribution in [2.75, 3.05) is 31.1 Å². The van der Waals surface area contributed by atoms with E-state index >= 15 is 0 Å². The van der Waals surface area contributed by atoms with Crippen LogP contribution < -0.4 is 4.90 Å². The highest BCUT2D eigenvalue weighted by Gasteiger charge is 2.25. The van der Waals surface area contributed by atoms with Gasteiger partial charge in [0.2, 0.25) is 17.6 Å². The van der Waals surface area contributed by atoms with E-state index in [0.717, 1.165) is 56.8 Å². The average molecular weight is 357 g/mol. The Hall–Kier alpha value is -2.44. The molecule has 3 heterocycles. The van der Waals surface area contributed by atoms with E-state index in [1.807, 2.05) is 24.0 Å². The smallest absolute Gasteiger partial charge is 0.226 e. The Morgan fingerprint density at radius 2 is 1.88 bits per heavy atom. The van der Waals surface area contributed by atoms with Gasteiger partial charge in [0, 0.05) is 50.3 Å². The number of hydrogen-bond donors (Lipinski definition) is 0. The topological polar surface area (TPSA) is 75.4 Å². The molecule has 1 fully saturated rings. The molecule has 140 valence electrons. The second kappa shape index (κ2) is 8.29. The summed E-state index contributed by atoms with van der Waals surface area (Å²) >= 11 is 0. The predicted octanol–water partition coefficient (Wildman–Crippen LogP) is 2.78. The molecule has 0 radical (unpaired) electrons. The molecule has 1 aliphatic heterocycles. The van der Waals surface area contributed by atoms with E-state index in [9.17, 15) is 4.79 Å². The molecule has 1 aliphatic rings. The fraction of sp³-hybridized carbons (Fsp3) is 0.579. The van der Waals surface area contributed by atoms with E-state index in [-0.39, 0.29) is 5.92 Å². The van der Waals surface area contributed by atoms with Gasteiger partial charge < -0.3 is 14.3 Å². The SMILES string of the molecule is CCc1nc(-c2ccc(N3CCN(C(=O)C(CC)CC)CC3)nc2)no1. The second-order valence-electron chi connectivity index (χ2n) is 6.60. The highest BCUT2D eigenvalue weighted by molar-refractivity contribution is 5.79. The standard InChI is InChI=1S/C19H27N5O2/c1-4-14(5-2)19(25)24-11-9-23(10-12-24)16-8-7-15(13-20-16)18-21-17(6-3)26-22-18/h7-8,13-14H,4-6,9-12H2,1-3H3. The first-order valence-electron chi connectivity index (χ1n) is 9.48. The van der Waals surface area contributed by atoms with Gasteiger partial charge in [-0.25, -0.2) is 4.98 Å². The van der Waals surface area contributed by atoms with Gasteiger partial charge in [-0.1, -0.05) is 25.9 Å². The number of hydrogen-bond acceptors (Lipinski definition) is 6. The van der Waals surface area contributed by atoms with Crippen molar-refractivity contribution < 1.29 is 9.32 Å². The molecule has 26 heavy (non-hydrogen) atoms. The Balaban J connectivity index is 1.60. The molecule has 0 atom stereocenters. The first-order valence-corrected chi connectivity index (χ1v) is 9.48. The van der Waals surface area contributed by atoms with Crippen molar-refractivity contribution in [2.45, 2.75) is 40.0 Å². The van der Waals surface area contributed by atoms with E-state index in [4.69, 9.17) is 4.52 Å². The molecule has 0 spiro atoms. The van der Waals surface area contributed by atoms with Crippen LogP contribution in [-0.4, -0.2) is 52.1 Å². The van der Waals surface area contributed by atoms with Gasteiger partial charge in [0.25, 0.3) is 0 Å². The largest absolute Gasteiger partial charge is 0.353 e. The summed E-state index contributed by atoms with van der Waals surface area (Å²) in [7, 11) is 0. The minimum absolute atomic E-state index is 0.155. The minimum Gasteiger partial charge on any atom is -0.353 e. The number of amides is 1. The molecular formula is C19H27N5O2. The Bertz CT molecular complexity index is 716. The molecule has 2 aromatic rings. The summed E-state index contributed by atoms with van der Waals surface area (Å²) in [4.78, 5) is 25.6. The van der Waals surface area contributed by atoms with Gasteiger partial charge in [-0.15, -0.1) is 0 Å². The normalized spacial score (nSPS) is 14.9. The zero-order valence-electron chi connectivity index (χ0n) is 15.8. The minimum atomic E-state index is 0.155. The lowest BCUT2D eigenvalue weighted by atomic mass is 10.0. The van der Waals surface area contributed by atoms with E-state index in [0.29, 0.717) is 17.6 Å². The van der Waals surface area contributed by atoms with E-state index in [2.05, 4.69) is 33.9 Å². The van der Waals surface area contributed by atoms with Crippen molar-refractivity contribution in [1.82, 2.24) is 20.0 Å². The number of aryl methyl sites for hydroxylation is 1. The van der Waals surface area contributed by atoms with Gasteiger partial charge in [-0.05, 0) is 25.0 Å². The maximum atomic E-state index is 12.5. The van der Waals surface area contributed by atoms with Gasteiger partial charge in [-0.3, -0.25) is 4.79 Å². The molecular weight excluding hydrogens is 330 g/mol. The summed E-state index contributed by atoms with van der Waals surface area (Å²) < 4.78 is 5.15. The fourth-order valence-corrected chi connectivity index (χ4v) is 3.27. The Morgan fingerprint density at radius 1 is 1.15 bits per heavy atom. The van der Waals surface area contributed by atoms with Crippen LogP contribution in [0.3, 0.4) is 0 Å². The molecule has 7 heteroatoms. The van der Waals surface area contributed by atoms with Crippen molar-refractivity contribution in [1.29, 1.82) is 0 Å². The van der Waals surface area contributed by atoms with Crippen LogP contribution in [0.2, 0.25) is 0 Å². The lowest BCUT2D eigenvalue weighted by molar-refractivity contribution is -0.136. The number of aromatic nitrogens is 3. The Morgan fingerprint density at radius 3 is 2.42 bits per heavy atom. The lowest BCUT2D eigenvalue weighted by Gasteiger charge is -2.36. The van der Waals surface area contributed by atoms with Crippen molar-refractivity contribution in [3.8, 4) is 11.4 Å². The Kier molecular flexibility index (Phi) is 5.85. The molecule has 0 N–H and O–H groups in total. The maximum absolute atomic E-state index is 12.5. The Labute approximate surface area is 154 Å². The van der Waals surface area contributed by atoms with Gasteiger partial charge in [-0.2, -0.15) is 4.98 Å². The third-order valence-corrected chi connectivity index (χ3v) is 5.03. The molecule has 0 aliphatic carbocycles. The van der Waals surface area contributed by atoms with Crippen LogP contribution in [0.1, 0.15) is 39.5 Å². The number of nitrogens with zero attached hydrogens (tertiary/aromatic N) is 5. The predicted molar refractivity (Wildman–Crippen MR) is 99.8 cm³/mol. The van der Waals surface area contributed by atoms with Crippen LogP contribution in [0.5, 0.6) is 0 Å². The van der Waals surface area contributed by atoms with Crippen LogP contribution in [0.15, 0.2) is 22.9 Å². The van der Waals surface area contributed by atoms with E-state index in [1.165, 1.54) is 0 Å². The van der Waals surface area contributed by atoms with Crippen molar-refractivity contribution in [3.05, 3.63) is 24.2 Å². The summed E-state index contributed by atoms with van der Waals surface area (Å²) in [5.74, 6) is 2.56. The van der Waals surface area contributed by atoms with Crippen LogP contribution in [-0.2, 0) is 11.2 Å². The van der Waals surface area contributed by atoms with Gasteiger partial charge in [0.15, 0.2) is 0 Å². The number of rotatable bonds is 6.